The van der Waals surface area contributed by atoms with Crippen LogP contribution >= 0.6 is 0 Å². The monoisotopic (exact) mass is 279 g/mol. The molecule has 0 aliphatic carbocycles. The van der Waals surface area contributed by atoms with Crippen LogP contribution in [0, 0.1) is 10.1 Å². The summed E-state index contributed by atoms with van der Waals surface area (Å²) in [6, 6.07) is 2.96. The molecule has 8 heteroatoms. The lowest BCUT2D eigenvalue weighted by molar-refractivity contribution is -0.385. The molecule has 8 nitrogen and oxygen atoms in total. The van der Waals surface area contributed by atoms with Crippen molar-refractivity contribution in [1.82, 2.24) is 4.98 Å². The third-order valence-electron chi connectivity index (χ3n) is 3.34. The minimum Gasteiger partial charge on any atom is -0.409 e. The number of rotatable bonds is 3. The Bertz CT molecular complexity index is 524. The quantitative estimate of drug-likeness (QED) is 0.284. The summed E-state index contributed by atoms with van der Waals surface area (Å²) >= 11 is 0. The number of hydrogen-bond donors (Lipinski definition) is 2. The van der Waals surface area contributed by atoms with Crippen molar-refractivity contribution in [3.63, 3.8) is 0 Å². The van der Waals surface area contributed by atoms with Crippen molar-refractivity contribution >= 4 is 17.3 Å². The minimum absolute atomic E-state index is 0.0979. The molecular weight excluding hydrogens is 262 g/mol. The Morgan fingerprint density at radius 2 is 2.00 bits per heavy atom. The highest BCUT2D eigenvalue weighted by atomic mass is 16.6. The lowest BCUT2D eigenvalue weighted by atomic mass is 10.2. The highest BCUT2D eigenvalue weighted by Gasteiger charge is 2.21. The van der Waals surface area contributed by atoms with Crippen LogP contribution in [0.3, 0.4) is 0 Å². The zero-order valence-electron chi connectivity index (χ0n) is 11.0. The highest BCUT2D eigenvalue weighted by molar-refractivity contribution is 5.99. The molecule has 0 saturated carbocycles. The maximum absolute atomic E-state index is 10.9. The number of nitrogens with zero attached hydrogens (tertiary/aromatic N) is 4. The molecule has 3 N–H and O–H groups in total. The van der Waals surface area contributed by atoms with E-state index < -0.39 is 4.92 Å². The number of amidine groups is 1. The van der Waals surface area contributed by atoms with Gasteiger partial charge in [0.1, 0.15) is 5.82 Å². The van der Waals surface area contributed by atoms with Crippen LogP contribution in [0.25, 0.3) is 0 Å². The summed E-state index contributed by atoms with van der Waals surface area (Å²) in [5.74, 6) is 0.271. The van der Waals surface area contributed by atoms with Crippen molar-refractivity contribution in [3.05, 3.63) is 27.9 Å². The number of nitro groups is 1. The van der Waals surface area contributed by atoms with Gasteiger partial charge in [-0.05, 0) is 18.9 Å². The number of hydrogen-bond acceptors (Lipinski definition) is 6. The summed E-state index contributed by atoms with van der Waals surface area (Å²) in [6.45, 7) is 1.72. The van der Waals surface area contributed by atoms with Crippen LogP contribution in [0.5, 0.6) is 0 Å². The molecule has 2 heterocycles. The van der Waals surface area contributed by atoms with Crippen LogP contribution in [-0.4, -0.2) is 34.0 Å². The Labute approximate surface area is 116 Å². The van der Waals surface area contributed by atoms with Crippen molar-refractivity contribution in [2.24, 2.45) is 10.9 Å². The molecule has 1 saturated heterocycles. The average molecular weight is 279 g/mol. The summed E-state index contributed by atoms with van der Waals surface area (Å²) in [5, 5.41) is 22.5. The van der Waals surface area contributed by atoms with Crippen molar-refractivity contribution in [1.29, 1.82) is 0 Å². The predicted molar refractivity (Wildman–Crippen MR) is 74.1 cm³/mol. The molecule has 108 valence electrons. The molecular formula is C12H17N5O3. The van der Waals surface area contributed by atoms with Gasteiger partial charge in [-0.15, -0.1) is 0 Å². The number of pyridine rings is 1. The normalized spacial score (nSPS) is 16.8. The van der Waals surface area contributed by atoms with Gasteiger partial charge in [-0.3, -0.25) is 10.1 Å². The van der Waals surface area contributed by atoms with Gasteiger partial charge in [0, 0.05) is 19.2 Å². The Balaban J connectivity index is 2.38. The zero-order chi connectivity index (χ0) is 14.5. The summed E-state index contributed by atoms with van der Waals surface area (Å²) in [4.78, 5) is 16.6. The second-order valence-electron chi connectivity index (χ2n) is 4.68. The van der Waals surface area contributed by atoms with Gasteiger partial charge in [-0.25, -0.2) is 4.98 Å². The van der Waals surface area contributed by atoms with E-state index in [4.69, 9.17) is 10.9 Å². The van der Waals surface area contributed by atoms with Crippen LogP contribution in [-0.2, 0) is 0 Å². The van der Waals surface area contributed by atoms with E-state index >= 15 is 0 Å². The molecule has 0 spiro atoms. The van der Waals surface area contributed by atoms with E-state index in [1.165, 1.54) is 18.9 Å². The van der Waals surface area contributed by atoms with E-state index in [1.807, 2.05) is 0 Å². The highest BCUT2D eigenvalue weighted by Crippen LogP contribution is 2.23. The lowest BCUT2D eigenvalue weighted by Crippen LogP contribution is -2.26. The average Bonchev–Trinajstić information content (AvgIpc) is 2.74. The Morgan fingerprint density at radius 1 is 1.35 bits per heavy atom. The molecule has 2 rings (SSSR count). The standard InChI is InChI=1S/C12H17N5O3/c13-12(15-18)11-9(17(19)20)5-6-10(14-11)16-7-3-1-2-4-8-16/h5-6,18H,1-4,7-8H2,(H2,13,15). The first kappa shape index (κ1) is 14.0. The fourth-order valence-electron chi connectivity index (χ4n) is 2.30. The molecule has 0 atom stereocenters. The Hall–Kier alpha value is -2.38. The lowest BCUT2D eigenvalue weighted by Gasteiger charge is -2.21. The fourth-order valence-corrected chi connectivity index (χ4v) is 2.30. The van der Waals surface area contributed by atoms with Gasteiger partial charge in [0.15, 0.2) is 11.5 Å². The van der Waals surface area contributed by atoms with Gasteiger partial charge in [0.2, 0.25) is 0 Å². The Morgan fingerprint density at radius 3 is 2.55 bits per heavy atom. The van der Waals surface area contributed by atoms with Gasteiger partial charge in [-0.1, -0.05) is 18.0 Å². The van der Waals surface area contributed by atoms with Gasteiger partial charge in [0.05, 0.1) is 4.92 Å². The van der Waals surface area contributed by atoms with Gasteiger partial charge in [-0.2, -0.15) is 0 Å². The molecule has 0 radical (unpaired) electrons. The van der Waals surface area contributed by atoms with Crippen LogP contribution in [0.2, 0.25) is 0 Å². The number of nitrogens with two attached hydrogens (primary N) is 1. The topological polar surface area (TPSA) is 118 Å². The molecule has 1 aliphatic heterocycles. The second-order valence-corrected chi connectivity index (χ2v) is 4.68. The van der Waals surface area contributed by atoms with Crippen molar-refractivity contribution in [3.8, 4) is 0 Å². The van der Waals surface area contributed by atoms with Crippen LogP contribution in [0.1, 0.15) is 31.4 Å². The molecule has 0 aromatic carbocycles. The van der Waals surface area contributed by atoms with E-state index in [-0.39, 0.29) is 17.2 Å². The van der Waals surface area contributed by atoms with Crippen molar-refractivity contribution in [2.45, 2.75) is 25.7 Å². The molecule has 0 unspecified atom stereocenters. The largest absolute Gasteiger partial charge is 0.409 e. The van der Waals surface area contributed by atoms with Crippen molar-refractivity contribution < 1.29 is 10.1 Å². The zero-order valence-corrected chi connectivity index (χ0v) is 11.0. The molecule has 0 amide bonds. The third kappa shape index (κ3) is 2.95. The van der Waals surface area contributed by atoms with E-state index in [9.17, 15) is 10.1 Å². The molecule has 20 heavy (non-hydrogen) atoms. The van der Waals surface area contributed by atoms with Gasteiger partial charge >= 0.3 is 0 Å². The maximum atomic E-state index is 10.9. The van der Waals surface area contributed by atoms with Gasteiger partial charge < -0.3 is 15.8 Å². The summed E-state index contributed by atoms with van der Waals surface area (Å²) in [6.07, 6.45) is 4.49. The maximum Gasteiger partial charge on any atom is 0.298 e. The van der Waals surface area contributed by atoms with E-state index in [1.54, 1.807) is 6.07 Å². The summed E-state index contributed by atoms with van der Waals surface area (Å²) < 4.78 is 0. The molecule has 1 aliphatic rings. The number of oxime groups is 1. The summed E-state index contributed by atoms with van der Waals surface area (Å²) in [7, 11) is 0. The molecule has 0 bridgehead atoms. The predicted octanol–water partition coefficient (Wildman–Crippen LogP) is 1.46. The van der Waals surface area contributed by atoms with Crippen molar-refractivity contribution in [2.75, 3.05) is 18.0 Å². The van der Waals surface area contributed by atoms with E-state index in [0.717, 1.165) is 25.9 Å². The molecule has 1 aromatic heterocycles. The number of aromatic nitrogens is 1. The van der Waals surface area contributed by atoms with E-state index in [0.29, 0.717) is 5.82 Å². The van der Waals surface area contributed by atoms with Crippen LogP contribution < -0.4 is 10.6 Å². The SMILES string of the molecule is N/C(=N/O)c1nc(N2CCCCCC2)ccc1[N+](=O)[O-]. The number of anilines is 1. The first-order chi connectivity index (χ1) is 9.63. The van der Waals surface area contributed by atoms with Gasteiger partial charge in [0.25, 0.3) is 5.69 Å². The first-order valence-corrected chi connectivity index (χ1v) is 6.51. The van der Waals surface area contributed by atoms with Crippen LogP contribution in [0.15, 0.2) is 17.3 Å². The van der Waals surface area contributed by atoms with Crippen LogP contribution in [0.4, 0.5) is 11.5 Å². The van der Waals surface area contributed by atoms with E-state index in [2.05, 4.69) is 15.0 Å². The Kier molecular flexibility index (Phi) is 4.34. The molecule has 1 aromatic rings. The second kappa shape index (κ2) is 6.18. The third-order valence-corrected chi connectivity index (χ3v) is 3.34. The smallest absolute Gasteiger partial charge is 0.298 e. The minimum atomic E-state index is -0.591. The first-order valence-electron chi connectivity index (χ1n) is 6.51. The molecule has 1 fully saturated rings. The fraction of sp³-hybridized carbons (Fsp3) is 0.500. The summed E-state index contributed by atoms with van der Waals surface area (Å²) in [5.41, 5.74) is 5.11.